The molecule has 0 spiro atoms. The Bertz CT molecular complexity index is 562. The van der Waals surface area contributed by atoms with Crippen molar-refractivity contribution in [3.05, 3.63) is 53.3 Å². The maximum Gasteiger partial charge on any atom is 0.235 e. The highest BCUT2D eigenvalue weighted by molar-refractivity contribution is 6.29. The van der Waals surface area contributed by atoms with E-state index in [1.807, 2.05) is 30.3 Å². The molecule has 0 aliphatic carbocycles. The number of nitrogens with zero attached hydrogens (tertiary/aromatic N) is 2. The minimum absolute atomic E-state index is 0.173. The van der Waals surface area contributed by atoms with Gasteiger partial charge in [-0.05, 0) is 11.6 Å². The fraction of sp³-hybridized carbons (Fsp3) is 0.154. The van der Waals surface area contributed by atoms with Crippen LogP contribution < -0.4 is 11.1 Å². The van der Waals surface area contributed by atoms with Crippen LogP contribution in [0.4, 0.5) is 5.95 Å². The smallest absolute Gasteiger partial charge is 0.235 e. The Morgan fingerprint density at radius 2 is 2.05 bits per heavy atom. The van der Waals surface area contributed by atoms with Gasteiger partial charge in [-0.25, -0.2) is 9.97 Å². The topological polar surface area (TPSA) is 80.9 Å². The third-order valence-electron chi connectivity index (χ3n) is 2.61. The van der Waals surface area contributed by atoms with Gasteiger partial charge in [0.15, 0.2) is 0 Å². The molecule has 1 aromatic heterocycles. The van der Waals surface area contributed by atoms with Crippen molar-refractivity contribution in [2.75, 3.05) is 11.9 Å². The van der Waals surface area contributed by atoms with Crippen LogP contribution in [0.25, 0.3) is 0 Å². The largest absolute Gasteiger partial charge is 0.329 e. The van der Waals surface area contributed by atoms with E-state index in [0.29, 0.717) is 0 Å². The van der Waals surface area contributed by atoms with E-state index in [4.69, 9.17) is 17.3 Å². The molecule has 0 saturated carbocycles. The SMILES string of the molecule is NCC(C(=O)Nc1nccc(Cl)n1)c1ccccc1. The van der Waals surface area contributed by atoms with Gasteiger partial charge in [0.25, 0.3) is 0 Å². The average Bonchev–Trinajstić information content (AvgIpc) is 2.41. The van der Waals surface area contributed by atoms with Crippen molar-refractivity contribution in [3.63, 3.8) is 0 Å². The molecule has 0 bridgehead atoms. The zero-order valence-corrected chi connectivity index (χ0v) is 10.8. The van der Waals surface area contributed by atoms with E-state index in [9.17, 15) is 4.79 Å². The van der Waals surface area contributed by atoms with Crippen molar-refractivity contribution in [1.29, 1.82) is 0 Å². The minimum Gasteiger partial charge on any atom is -0.329 e. The van der Waals surface area contributed by atoms with Gasteiger partial charge in [0, 0.05) is 12.7 Å². The second kappa shape index (κ2) is 6.26. The Morgan fingerprint density at radius 1 is 1.32 bits per heavy atom. The van der Waals surface area contributed by atoms with Crippen LogP contribution in [0.1, 0.15) is 11.5 Å². The Kier molecular flexibility index (Phi) is 4.43. The normalized spacial score (nSPS) is 11.9. The molecule has 6 heteroatoms. The van der Waals surface area contributed by atoms with Crippen LogP contribution in [0.15, 0.2) is 42.6 Å². The number of hydrogen-bond acceptors (Lipinski definition) is 4. The summed E-state index contributed by atoms with van der Waals surface area (Å²) in [7, 11) is 0. The molecule has 1 heterocycles. The molecule has 98 valence electrons. The second-order valence-electron chi connectivity index (χ2n) is 3.89. The van der Waals surface area contributed by atoms with Gasteiger partial charge in [0.05, 0.1) is 5.92 Å². The van der Waals surface area contributed by atoms with E-state index in [1.165, 1.54) is 12.3 Å². The van der Waals surface area contributed by atoms with Gasteiger partial charge in [-0.3, -0.25) is 10.1 Å². The average molecular weight is 277 g/mol. The summed E-state index contributed by atoms with van der Waals surface area (Å²) < 4.78 is 0. The summed E-state index contributed by atoms with van der Waals surface area (Å²) in [4.78, 5) is 20.0. The monoisotopic (exact) mass is 276 g/mol. The molecule has 1 amide bonds. The lowest BCUT2D eigenvalue weighted by Gasteiger charge is -2.14. The fourth-order valence-electron chi connectivity index (χ4n) is 1.67. The fourth-order valence-corrected chi connectivity index (χ4v) is 1.81. The molecule has 0 fully saturated rings. The highest BCUT2D eigenvalue weighted by atomic mass is 35.5. The number of benzene rings is 1. The van der Waals surface area contributed by atoms with Crippen LogP contribution in [0.2, 0.25) is 5.15 Å². The van der Waals surface area contributed by atoms with E-state index in [0.717, 1.165) is 5.56 Å². The summed E-state index contributed by atoms with van der Waals surface area (Å²) in [6, 6.07) is 10.9. The summed E-state index contributed by atoms with van der Waals surface area (Å²) in [5.41, 5.74) is 6.51. The molecular weight excluding hydrogens is 264 g/mol. The second-order valence-corrected chi connectivity index (χ2v) is 4.28. The molecule has 1 unspecified atom stereocenters. The summed E-state index contributed by atoms with van der Waals surface area (Å²) >= 11 is 5.73. The summed E-state index contributed by atoms with van der Waals surface area (Å²) in [6.07, 6.45) is 1.48. The molecule has 1 atom stereocenters. The number of nitrogens with one attached hydrogen (secondary N) is 1. The molecule has 2 aromatic rings. The van der Waals surface area contributed by atoms with Crippen LogP contribution in [-0.2, 0) is 4.79 Å². The highest BCUT2D eigenvalue weighted by Crippen LogP contribution is 2.16. The lowest BCUT2D eigenvalue weighted by molar-refractivity contribution is -0.117. The number of rotatable bonds is 4. The quantitative estimate of drug-likeness (QED) is 0.835. The molecule has 2 rings (SSSR count). The maximum absolute atomic E-state index is 12.1. The van der Waals surface area contributed by atoms with Gasteiger partial charge in [-0.2, -0.15) is 0 Å². The van der Waals surface area contributed by atoms with Crippen LogP contribution in [0.3, 0.4) is 0 Å². The van der Waals surface area contributed by atoms with Gasteiger partial charge in [0.1, 0.15) is 5.15 Å². The van der Waals surface area contributed by atoms with Gasteiger partial charge >= 0.3 is 0 Å². The predicted octanol–water partition coefficient (Wildman–Crippen LogP) is 1.81. The standard InChI is InChI=1S/C13H13ClN4O/c14-11-6-7-16-13(17-11)18-12(19)10(8-15)9-4-2-1-3-5-9/h1-7,10H,8,15H2,(H,16,17,18,19). The first-order valence-electron chi connectivity index (χ1n) is 5.75. The van der Waals surface area contributed by atoms with Crippen LogP contribution in [0.5, 0.6) is 0 Å². The molecule has 5 nitrogen and oxygen atoms in total. The number of carbonyl (C=O) groups excluding carboxylic acids is 1. The van der Waals surface area contributed by atoms with Crippen molar-refractivity contribution in [1.82, 2.24) is 9.97 Å². The number of amides is 1. The molecule has 0 aliphatic heterocycles. The first-order valence-corrected chi connectivity index (χ1v) is 6.13. The number of aromatic nitrogens is 2. The Labute approximate surface area is 115 Å². The Hall–Kier alpha value is -1.98. The van der Waals surface area contributed by atoms with Crippen molar-refractivity contribution < 1.29 is 4.79 Å². The Balaban J connectivity index is 2.14. The zero-order valence-electron chi connectivity index (χ0n) is 10.1. The third-order valence-corrected chi connectivity index (χ3v) is 2.82. The van der Waals surface area contributed by atoms with Gasteiger partial charge in [0.2, 0.25) is 11.9 Å². The van der Waals surface area contributed by atoms with E-state index in [1.54, 1.807) is 0 Å². The molecule has 19 heavy (non-hydrogen) atoms. The van der Waals surface area contributed by atoms with Gasteiger partial charge in [-0.15, -0.1) is 0 Å². The molecular formula is C13H13ClN4O. The third kappa shape index (κ3) is 3.49. The lowest BCUT2D eigenvalue weighted by atomic mass is 9.98. The summed E-state index contributed by atoms with van der Waals surface area (Å²) in [5.74, 6) is -0.522. The van der Waals surface area contributed by atoms with Crippen molar-refractivity contribution in [2.45, 2.75) is 5.92 Å². The number of anilines is 1. The molecule has 1 aromatic carbocycles. The Morgan fingerprint density at radius 3 is 2.68 bits per heavy atom. The number of carbonyl (C=O) groups is 1. The maximum atomic E-state index is 12.1. The van der Waals surface area contributed by atoms with Gasteiger partial charge < -0.3 is 5.73 Å². The van der Waals surface area contributed by atoms with E-state index in [2.05, 4.69) is 15.3 Å². The zero-order chi connectivity index (χ0) is 13.7. The number of halogens is 1. The molecule has 3 N–H and O–H groups in total. The molecule has 0 saturated heterocycles. The minimum atomic E-state index is -0.441. The first kappa shape index (κ1) is 13.5. The lowest BCUT2D eigenvalue weighted by Crippen LogP contribution is -2.28. The van der Waals surface area contributed by atoms with Crippen molar-refractivity contribution in [3.8, 4) is 0 Å². The molecule has 0 radical (unpaired) electrons. The van der Waals surface area contributed by atoms with E-state index >= 15 is 0 Å². The number of nitrogens with two attached hydrogens (primary N) is 1. The summed E-state index contributed by atoms with van der Waals surface area (Å²) in [6.45, 7) is 0.205. The summed E-state index contributed by atoms with van der Waals surface area (Å²) in [5, 5.41) is 2.88. The van der Waals surface area contributed by atoms with E-state index < -0.39 is 5.92 Å². The highest BCUT2D eigenvalue weighted by Gasteiger charge is 2.19. The predicted molar refractivity (Wildman–Crippen MR) is 73.9 cm³/mol. The van der Waals surface area contributed by atoms with E-state index in [-0.39, 0.29) is 23.6 Å². The van der Waals surface area contributed by atoms with Crippen LogP contribution in [-0.4, -0.2) is 22.4 Å². The van der Waals surface area contributed by atoms with Crippen molar-refractivity contribution >= 4 is 23.5 Å². The van der Waals surface area contributed by atoms with Crippen LogP contribution >= 0.6 is 11.6 Å². The number of hydrogen-bond donors (Lipinski definition) is 2. The molecule has 0 aliphatic rings. The first-order chi connectivity index (χ1) is 9.20. The van der Waals surface area contributed by atoms with Crippen LogP contribution in [0, 0.1) is 0 Å². The van der Waals surface area contributed by atoms with Crippen molar-refractivity contribution in [2.24, 2.45) is 5.73 Å². The van der Waals surface area contributed by atoms with Gasteiger partial charge in [-0.1, -0.05) is 41.9 Å².